The van der Waals surface area contributed by atoms with E-state index in [9.17, 15) is 0 Å². The van der Waals surface area contributed by atoms with Gasteiger partial charge in [-0.2, -0.15) is 0 Å². The van der Waals surface area contributed by atoms with E-state index < -0.39 is 58.9 Å². The van der Waals surface area contributed by atoms with Crippen LogP contribution in [0.3, 0.4) is 0 Å². The van der Waals surface area contributed by atoms with Crippen molar-refractivity contribution in [2.75, 3.05) is 15.5 Å². The van der Waals surface area contributed by atoms with Gasteiger partial charge >= 0.3 is 12.1 Å². The lowest BCUT2D eigenvalue weighted by molar-refractivity contribution is -0.146. The highest BCUT2D eigenvalue weighted by molar-refractivity contribution is 6.22. The van der Waals surface area contributed by atoms with Crippen LogP contribution in [-0.2, 0) is 25.7 Å². The lowest BCUT2D eigenvalue weighted by Gasteiger charge is -2.39. The van der Waals surface area contributed by atoms with Crippen LogP contribution in [0, 0.1) is 6.92 Å². The van der Waals surface area contributed by atoms with Crippen molar-refractivity contribution in [3.05, 3.63) is 124 Å². The van der Waals surface area contributed by atoms with Crippen molar-refractivity contribution < 1.29 is 28.8 Å². The van der Waals surface area contributed by atoms with Crippen LogP contribution in [-0.4, -0.2) is 73.6 Å². The highest BCUT2D eigenvalue weighted by Gasteiger charge is 2.66. The van der Waals surface area contributed by atoms with E-state index in [0.29, 0.717) is 68.4 Å². The Kier molecular flexibility index (Phi) is 14.5. The second-order valence-electron chi connectivity index (χ2n) is 21.4. The fourth-order valence-electron chi connectivity index (χ4n) is 11.8. The number of nitrogens with one attached hydrogen (secondary N) is 2. The molecule has 70 heavy (non-hydrogen) atoms. The van der Waals surface area contributed by atoms with Crippen LogP contribution >= 0.6 is 0 Å². The molecule has 4 aromatic carbocycles. The Morgan fingerprint density at radius 3 is 1.34 bits per heavy atom. The molecule has 2 aliphatic heterocycles. The van der Waals surface area contributed by atoms with Crippen LogP contribution in [0.5, 0.6) is 0 Å². The molecule has 370 valence electrons. The van der Waals surface area contributed by atoms with E-state index in [2.05, 4.69) is 10.6 Å². The fourth-order valence-corrected chi connectivity index (χ4v) is 11.8. The minimum absolute atomic E-state index is 0.0639. The van der Waals surface area contributed by atoms with Crippen molar-refractivity contribution in [3.63, 3.8) is 0 Å². The molecular weight excluding hydrogens is 877 g/mol. The van der Waals surface area contributed by atoms with E-state index in [1.807, 2.05) is 153 Å². The maximum absolute atomic E-state index is 16.3. The Morgan fingerprint density at radius 2 is 0.900 bits per heavy atom. The first kappa shape index (κ1) is 50.1. The van der Waals surface area contributed by atoms with Crippen molar-refractivity contribution in [1.29, 1.82) is 0 Å². The zero-order valence-electron chi connectivity index (χ0n) is 42.6. The molecule has 2 spiro atoms. The summed E-state index contributed by atoms with van der Waals surface area (Å²) >= 11 is 0. The van der Waals surface area contributed by atoms with Crippen molar-refractivity contribution in [2.45, 2.75) is 180 Å². The average molecular weight is 949 g/mol. The van der Waals surface area contributed by atoms with Crippen LogP contribution in [0.4, 0.5) is 26.7 Å². The van der Waals surface area contributed by atoms with Gasteiger partial charge < -0.3 is 15.5 Å². The largest absolute Gasteiger partial charge is 0.333 e. The molecule has 8 amide bonds. The number of urea groups is 2. The minimum atomic E-state index is -2.01. The number of carbonyl (C=O) groups excluding carboxylic acids is 6. The molecule has 0 bridgehead atoms. The van der Waals surface area contributed by atoms with Crippen LogP contribution in [0.1, 0.15) is 177 Å². The summed E-state index contributed by atoms with van der Waals surface area (Å²) in [7, 11) is 0. The minimum Gasteiger partial charge on any atom is -0.324 e. The molecule has 2 heterocycles. The highest BCUT2D eigenvalue weighted by atomic mass is 16.2. The molecule has 2 saturated heterocycles. The SMILES string of the molecule is Cc1ccccc1N1C(=O)N(C(C(=O)Nc2c(C(C)C)cccc2C(C)C)C(C(=O)Nc2c(C(C)C)cccc2C(C)C)N2C(=O)N(Cc3ccccc3)C3(CCCCC3)C2=O)C(=O)C12CCCCC2. The number of para-hydroxylation sites is 3. The number of aryl methyl sites for hydroxylation is 1. The Bertz CT molecular complexity index is 2590. The number of hydrogen-bond acceptors (Lipinski definition) is 6. The second kappa shape index (κ2) is 20.2. The summed E-state index contributed by atoms with van der Waals surface area (Å²) in [4.78, 5) is 101. The number of rotatable bonds is 14. The van der Waals surface area contributed by atoms with Crippen molar-refractivity contribution >= 4 is 52.8 Å². The number of carbonyl (C=O) groups is 6. The van der Waals surface area contributed by atoms with E-state index in [-0.39, 0.29) is 30.2 Å². The first-order valence-corrected chi connectivity index (χ1v) is 25.7. The summed E-state index contributed by atoms with van der Waals surface area (Å²) in [5.74, 6) is -3.20. The first-order valence-electron chi connectivity index (χ1n) is 25.7. The number of amides is 8. The number of benzene rings is 4. The predicted molar refractivity (Wildman–Crippen MR) is 276 cm³/mol. The number of nitrogens with zero attached hydrogens (tertiary/aromatic N) is 4. The molecule has 12 nitrogen and oxygen atoms in total. The maximum atomic E-state index is 16.3. The molecule has 2 saturated carbocycles. The van der Waals surface area contributed by atoms with Crippen LogP contribution in [0.2, 0.25) is 0 Å². The van der Waals surface area contributed by atoms with E-state index in [4.69, 9.17) is 0 Å². The molecular formula is C58H72N6O6. The molecule has 4 aliphatic rings. The number of imide groups is 2. The van der Waals surface area contributed by atoms with E-state index >= 15 is 28.8 Å². The zero-order chi connectivity index (χ0) is 50.2. The van der Waals surface area contributed by atoms with Crippen molar-refractivity contribution in [2.24, 2.45) is 0 Å². The summed E-state index contributed by atoms with van der Waals surface area (Å²) in [5, 5.41) is 6.41. The molecule has 12 heteroatoms. The summed E-state index contributed by atoms with van der Waals surface area (Å²) in [6, 6.07) is 22.9. The molecule has 0 radical (unpaired) electrons. The molecule has 8 rings (SSSR count). The lowest BCUT2D eigenvalue weighted by Crippen LogP contribution is -2.65. The summed E-state index contributed by atoms with van der Waals surface area (Å²) < 4.78 is 0. The number of anilines is 3. The molecule has 4 aromatic rings. The quantitative estimate of drug-likeness (QED) is 0.121. The molecule has 2 atom stereocenters. The monoisotopic (exact) mass is 949 g/mol. The van der Waals surface area contributed by atoms with Crippen molar-refractivity contribution in [3.8, 4) is 0 Å². The highest BCUT2D eigenvalue weighted by Crippen LogP contribution is 2.48. The molecule has 0 aromatic heterocycles. The third-order valence-corrected chi connectivity index (χ3v) is 15.5. The van der Waals surface area contributed by atoms with Gasteiger partial charge in [0.15, 0.2) is 12.1 Å². The average Bonchev–Trinajstić information content (AvgIpc) is 3.64. The third kappa shape index (κ3) is 8.80. The van der Waals surface area contributed by atoms with Gasteiger partial charge in [-0.3, -0.25) is 24.1 Å². The topological polar surface area (TPSA) is 139 Å². The van der Waals surface area contributed by atoms with Gasteiger partial charge in [0, 0.05) is 23.6 Å². The smallest absolute Gasteiger partial charge is 0.324 e. The van der Waals surface area contributed by atoms with E-state index in [1.165, 1.54) is 0 Å². The predicted octanol–water partition coefficient (Wildman–Crippen LogP) is 12.1. The summed E-state index contributed by atoms with van der Waals surface area (Å²) in [6.45, 7) is 18.1. The van der Waals surface area contributed by atoms with Gasteiger partial charge in [0.1, 0.15) is 11.1 Å². The Hall–Kier alpha value is -6.30. The molecule has 4 fully saturated rings. The van der Waals surface area contributed by atoms with Crippen molar-refractivity contribution in [1.82, 2.24) is 14.7 Å². The van der Waals surface area contributed by atoms with Crippen LogP contribution < -0.4 is 15.5 Å². The standard InChI is InChI=1S/C58H72N6O6/c1-36(2)42-26-21-27-43(37(3)4)47(42)59-51(65)49(62-53(67)57(31-17-11-18-32-57)61(55(62)69)35-41-24-13-10-14-25-41)50(52(66)60-48-44(38(5)6)28-22-29-45(48)39(7)8)63-54(68)58(33-19-12-20-34-58)64(56(63)70)46-30-16-15-23-40(46)9/h10,13-16,21-30,36-39,49-50H,11-12,17-20,31-35H2,1-9H3,(H,59,65)(H,60,66). The van der Waals surface area contributed by atoms with Gasteiger partial charge in [-0.1, -0.05) is 179 Å². The molecule has 2 aliphatic carbocycles. The fraction of sp³-hybridized carbons (Fsp3) is 0.483. The van der Waals surface area contributed by atoms with Gasteiger partial charge in [-0.25, -0.2) is 19.4 Å². The zero-order valence-corrected chi connectivity index (χ0v) is 42.6. The van der Waals surface area contributed by atoms with Gasteiger partial charge in [-0.05, 0) is 95.7 Å². The normalized spacial score (nSPS) is 18.9. The van der Waals surface area contributed by atoms with E-state index in [0.717, 1.165) is 56.0 Å². The van der Waals surface area contributed by atoms with Gasteiger partial charge in [-0.15, -0.1) is 0 Å². The summed E-state index contributed by atoms with van der Waals surface area (Å²) in [5.41, 5.74) is 3.63. The number of hydrogen-bond donors (Lipinski definition) is 2. The summed E-state index contributed by atoms with van der Waals surface area (Å²) in [6.07, 6.45) is 5.72. The van der Waals surface area contributed by atoms with Gasteiger partial charge in [0.2, 0.25) is 11.8 Å². The first-order chi connectivity index (χ1) is 33.4. The lowest BCUT2D eigenvalue weighted by atomic mass is 9.79. The Morgan fingerprint density at radius 1 is 0.500 bits per heavy atom. The van der Waals surface area contributed by atoms with Gasteiger partial charge in [0.05, 0.1) is 0 Å². The third-order valence-electron chi connectivity index (χ3n) is 15.5. The second-order valence-corrected chi connectivity index (χ2v) is 21.4. The maximum Gasteiger partial charge on any atom is 0.333 e. The van der Waals surface area contributed by atoms with Crippen LogP contribution in [0.15, 0.2) is 91.0 Å². The Balaban J connectivity index is 1.40. The molecule has 2 unspecified atom stereocenters. The molecule has 2 N–H and O–H groups in total. The van der Waals surface area contributed by atoms with Crippen LogP contribution in [0.25, 0.3) is 0 Å². The Labute approximate surface area is 414 Å². The van der Waals surface area contributed by atoms with Gasteiger partial charge in [0.25, 0.3) is 11.8 Å². The van der Waals surface area contributed by atoms with E-state index in [1.54, 1.807) is 9.80 Å².